The largest absolute Gasteiger partial charge is 0.494 e. The first-order valence-corrected chi connectivity index (χ1v) is 9.72. The van der Waals surface area contributed by atoms with Crippen molar-refractivity contribution in [1.29, 1.82) is 0 Å². The van der Waals surface area contributed by atoms with Crippen molar-refractivity contribution in [2.24, 2.45) is 0 Å². The molecule has 1 atom stereocenters. The van der Waals surface area contributed by atoms with Crippen molar-refractivity contribution in [3.8, 4) is 11.5 Å². The molecule has 0 aliphatic rings. The van der Waals surface area contributed by atoms with Gasteiger partial charge in [-0.2, -0.15) is 0 Å². The minimum Gasteiger partial charge on any atom is -0.494 e. The molecule has 2 aromatic rings. The summed E-state index contributed by atoms with van der Waals surface area (Å²) < 4.78 is 10.9. The molecule has 0 saturated carbocycles. The minimum absolute atomic E-state index is 0.0199. The monoisotopic (exact) mass is 413 g/mol. The summed E-state index contributed by atoms with van der Waals surface area (Å²) in [4.78, 5) is 36.1. The molecular weight excluding hydrogens is 386 g/mol. The van der Waals surface area contributed by atoms with Crippen molar-refractivity contribution in [3.05, 3.63) is 59.7 Å². The third-order valence-electron chi connectivity index (χ3n) is 4.17. The van der Waals surface area contributed by atoms with Gasteiger partial charge in [0.05, 0.1) is 6.61 Å². The van der Waals surface area contributed by atoms with Gasteiger partial charge in [-0.15, -0.1) is 0 Å². The molecule has 3 amide bonds. The summed E-state index contributed by atoms with van der Waals surface area (Å²) >= 11 is 0. The molecular formula is C22H27N3O5. The predicted molar refractivity (Wildman–Crippen MR) is 112 cm³/mol. The van der Waals surface area contributed by atoms with Crippen LogP contribution in [0.2, 0.25) is 0 Å². The molecule has 8 heteroatoms. The van der Waals surface area contributed by atoms with Crippen molar-refractivity contribution >= 4 is 17.7 Å². The number of carbonyl (C=O) groups excluding carboxylic acids is 3. The Balaban J connectivity index is 1.68. The SMILES string of the molecule is CCOc1ccc(O[C@H](C)C(=O)NNC(=O)CCNC(=O)c2ccccc2C)cc1. The van der Waals surface area contributed by atoms with Gasteiger partial charge in [-0.05, 0) is 56.7 Å². The maximum absolute atomic E-state index is 12.1. The normalized spacial score (nSPS) is 11.2. The highest BCUT2D eigenvalue weighted by Gasteiger charge is 2.16. The van der Waals surface area contributed by atoms with Crippen molar-refractivity contribution in [1.82, 2.24) is 16.2 Å². The molecule has 0 aliphatic heterocycles. The summed E-state index contributed by atoms with van der Waals surface area (Å²) in [5.41, 5.74) is 6.04. The van der Waals surface area contributed by atoms with E-state index < -0.39 is 17.9 Å². The Bertz CT molecular complexity index is 867. The van der Waals surface area contributed by atoms with Gasteiger partial charge in [0.25, 0.3) is 11.8 Å². The van der Waals surface area contributed by atoms with Crippen molar-refractivity contribution in [2.45, 2.75) is 33.3 Å². The Hall–Kier alpha value is -3.55. The average molecular weight is 413 g/mol. The third-order valence-corrected chi connectivity index (χ3v) is 4.17. The van der Waals surface area contributed by atoms with Crippen LogP contribution >= 0.6 is 0 Å². The third kappa shape index (κ3) is 7.12. The molecule has 0 spiro atoms. The van der Waals surface area contributed by atoms with Crippen molar-refractivity contribution in [3.63, 3.8) is 0 Å². The molecule has 160 valence electrons. The molecule has 8 nitrogen and oxygen atoms in total. The maximum Gasteiger partial charge on any atom is 0.279 e. The Kier molecular flexibility index (Phi) is 8.68. The number of hydrogen-bond donors (Lipinski definition) is 3. The minimum atomic E-state index is -0.816. The zero-order valence-electron chi connectivity index (χ0n) is 17.4. The number of rotatable bonds is 9. The topological polar surface area (TPSA) is 106 Å². The lowest BCUT2D eigenvalue weighted by atomic mass is 10.1. The number of ether oxygens (including phenoxy) is 2. The number of nitrogens with one attached hydrogen (secondary N) is 3. The first kappa shape index (κ1) is 22.7. The zero-order valence-corrected chi connectivity index (χ0v) is 17.4. The standard InChI is InChI=1S/C22H27N3O5/c1-4-29-17-9-11-18(12-10-17)30-16(3)21(27)25-24-20(26)13-14-23-22(28)19-8-6-5-7-15(19)2/h5-12,16H,4,13-14H2,1-3H3,(H,23,28)(H,24,26)(H,25,27)/t16-/m1/s1. The van der Waals surface area contributed by atoms with Crippen LogP contribution in [0.1, 0.15) is 36.2 Å². The van der Waals surface area contributed by atoms with Crippen LogP contribution in [-0.4, -0.2) is 37.0 Å². The number of aryl methyl sites for hydroxylation is 1. The van der Waals surface area contributed by atoms with E-state index in [-0.39, 0.29) is 18.9 Å². The highest BCUT2D eigenvalue weighted by molar-refractivity contribution is 5.95. The van der Waals surface area contributed by atoms with E-state index in [1.54, 1.807) is 43.3 Å². The number of hydrogen-bond acceptors (Lipinski definition) is 5. The lowest BCUT2D eigenvalue weighted by Gasteiger charge is -2.15. The number of benzene rings is 2. The molecule has 0 radical (unpaired) electrons. The molecule has 30 heavy (non-hydrogen) atoms. The van der Waals surface area contributed by atoms with Gasteiger partial charge in [0.1, 0.15) is 11.5 Å². The van der Waals surface area contributed by atoms with Gasteiger partial charge >= 0.3 is 0 Å². The van der Waals surface area contributed by atoms with E-state index in [0.29, 0.717) is 23.7 Å². The lowest BCUT2D eigenvalue weighted by Crippen LogP contribution is -2.47. The van der Waals surface area contributed by atoms with Crippen LogP contribution in [0.25, 0.3) is 0 Å². The molecule has 2 aromatic carbocycles. The molecule has 2 rings (SSSR count). The van der Waals surface area contributed by atoms with E-state index in [9.17, 15) is 14.4 Å². The first-order chi connectivity index (χ1) is 14.4. The van der Waals surface area contributed by atoms with Crippen LogP contribution in [0.15, 0.2) is 48.5 Å². The van der Waals surface area contributed by atoms with Crippen molar-refractivity contribution < 1.29 is 23.9 Å². The molecule has 0 fully saturated rings. The van der Waals surface area contributed by atoms with E-state index in [2.05, 4.69) is 16.2 Å². The Morgan fingerprint density at radius 2 is 1.63 bits per heavy atom. The van der Waals surface area contributed by atoms with Gasteiger partial charge in [0.15, 0.2) is 6.10 Å². The Morgan fingerprint density at radius 3 is 2.30 bits per heavy atom. The summed E-state index contributed by atoms with van der Waals surface area (Å²) in [6.45, 7) is 6.01. The molecule has 0 saturated heterocycles. The van der Waals surface area contributed by atoms with Gasteiger partial charge in [-0.3, -0.25) is 25.2 Å². The number of hydrazine groups is 1. The molecule has 0 aliphatic carbocycles. The maximum atomic E-state index is 12.1. The smallest absolute Gasteiger partial charge is 0.279 e. The first-order valence-electron chi connectivity index (χ1n) is 9.72. The van der Waals surface area contributed by atoms with Gasteiger partial charge < -0.3 is 14.8 Å². The summed E-state index contributed by atoms with van der Waals surface area (Å²) in [6, 6.07) is 14.1. The second-order valence-corrected chi connectivity index (χ2v) is 6.52. The second kappa shape index (κ2) is 11.5. The number of amides is 3. The zero-order chi connectivity index (χ0) is 21.9. The fourth-order valence-electron chi connectivity index (χ4n) is 2.55. The highest BCUT2D eigenvalue weighted by Crippen LogP contribution is 2.18. The predicted octanol–water partition coefficient (Wildman–Crippen LogP) is 2.13. The van der Waals surface area contributed by atoms with E-state index >= 15 is 0 Å². The molecule has 0 aromatic heterocycles. The average Bonchev–Trinajstić information content (AvgIpc) is 2.73. The van der Waals surface area contributed by atoms with Crippen LogP contribution < -0.4 is 25.6 Å². The van der Waals surface area contributed by atoms with Gasteiger partial charge in [0.2, 0.25) is 5.91 Å². The molecule has 3 N–H and O–H groups in total. The van der Waals surface area contributed by atoms with Gasteiger partial charge in [-0.25, -0.2) is 0 Å². The highest BCUT2D eigenvalue weighted by atomic mass is 16.5. The summed E-state index contributed by atoms with van der Waals surface area (Å²) in [7, 11) is 0. The molecule has 0 bridgehead atoms. The van der Waals surface area contributed by atoms with Crippen LogP contribution in [0.4, 0.5) is 0 Å². The van der Waals surface area contributed by atoms with E-state index in [4.69, 9.17) is 9.47 Å². The van der Waals surface area contributed by atoms with Crippen LogP contribution in [0.5, 0.6) is 11.5 Å². The lowest BCUT2D eigenvalue weighted by molar-refractivity contribution is -0.132. The summed E-state index contributed by atoms with van der Waals surface area (Å²) in [5.74, 6) is 0.0419. The Morgan fingerprint density at radius 1 is 0.967 bits per heavy atom. The molecule has 0 heterocycles. The Labute approximate surface area is 175 Å². The summed E-state index contributed by atoms with van der Waals surface area (Å²) in [5, 5.41) is 2.68. The molecule has 0 unspecified atom stereocenters. The van der Waals surface area contributed by atoms with Crippen LogP contribution in [0, 0.1) is 6.92 Å². The summed E-state index contributed by atoms with van der Waals surface area (Å²) in [6.07, 6.45) is -0.796. The van der Waals surface area contributed by atoms with Crippen molar-refractivity contribution in [2.75, 3.05) is 13.2 Å². The van der Waals surface area contributed by atoms with Gasteiger partial charge in [0, 0.05) is 18.5 Å². The fourth-order valence-corrected chi connectivity index (χ4v) is 2.55. The van der Waals surface area contributed by atoms with Crippen LogP contribution in [0.3, 0.4) is 0 Å². The second-order valence-electron chi connectivity index (χ2n) is 6.52. The number of carbonyl (C=O) groups is 3. The quantitative estimate of drug-likeness (QED) is 0.546. The van der Waals surface area contributed by atoms with Gasteiger partial charge in [-0.1, -0.05) is 18.2 Å². The van der Waals surface area contributed by atoms with E-state index in [1.807, 2.05) is 26.0 Å². The fraction of sp³-hybridized carbons (Fsp3) is 0.318. The van der Waals surface area contributed by atoms with Crippen LogP contribution in [-0.2, 0) is 9.59 Å². The van der Waals surface area contributed by atoms with E-state index in [0.717, 1.165) is 5.56 Å². The van der Waals surface area contributed by atoms with E-state index in [1.165, 1.54) is 0 Å².